The first kappa shape index (κ1) is 16.3. The summed E-state index contributed by atoms with van der Waals surface area (Å²) in [5.41, 5.74) is 2.71. The maximum absolute atomic E-state index is 12.4. The second-order valence-corrected chi connectivity index (χ2v) is 5.99. The Bertz CT molecular complexity index is 700. The van der Waals surface area contributed by atoms with E-state index in [1.165, 1.54) is 0 Å². The van der Waals surface area contributed by atoms with E-state index < -0.39 is 0 Å². The van der Waals surface area contributed by atoms with E-state index >= 15 is 0 Å². The van der Waals surface area contributed by atoms with Crippen molar-refractivity contribution in [3.8, 4) is 5.75 Å². The van der Waals surface area contributed by atoms with Crippen molar-refractivity contribution in [2.75, 3.05) is 31.7 Å². The SMILES string of the molecule is CN(CCO)c1ccc(C(=O)N[C@H]2COc3ccccc3C2)cc1. The van der Waals surface area contributed by atoms with E-state index in [9.17, 15) is 4.79 Å². The number of ether oxygens (including phenoxy) is 1. The van der Waals surface area contributed by atoms with Gasteiger partial charge in [0, 0.05) is 24.8 Å². The molecule has 0 bridgehead atoms. The van der Waals surface area contributed by atoms with Crippen molar-refractivity contribution in [2.45, 2.75) is 12.5 Å². The molecule has 0 fully saturated rings. The van der Waals surface area contributed by atoms with Crippen molar-refractivity contribution in [1.29, 1.82) is 0 Å². The van der Waals surface area contributed by atoms with Gasteiger partial charge in [0.05, 0.1) is 12.6 Å². The minimum atomic E-state index is -0.0978. The number of benzene rings is 2. The fraction of sp³-hybridized carbons (Fsp3) is 0.316. The third-order valence-corrected chi connectivity index (χ3v) is 4.22. The van der Waals surface area contributed by atoms with E-state index in [1.807, 2.05) is 48.3 Å². The van der Waals surface area contributed by atoms with E-state index in [2.05, 4.69) is 5.32 Å². The molecule has 1 aliphatic rings. The zero-order chi connectivity index (χ0) is 16.9. The second-order valence-electron chi connectivity index (χ2n) is 5.99. The highest BCUT2D eigenvalue weighted by Crippen LogP contribution is 2.24. The lowest BCUT2D eigenvalue weighted by Crippen LogP contribution is -2.42. The number of hydrogen-bond acceptors (Lipinski definition) is 4. The zero-order valence-corrected chi connectivity index (χ0v) is 13.7. The van der Waals surface area contributed by atoms with E-state index in [1.54, 1.807) is 12.1 Å². The number of hydrogen-bond donors (Lipinski definition) is 2. The van der Waals surface area contributed by atoms with Gasteiger partial charge in [-0.1, -0.05) is 18.2 Å². The van der Waals surface area contributed by atoms with Crippen molar-refractivity contribution in [3.05, 3.63) is 59.7 Å². The minimum Gasteiger partial charge on any atom is -0.491 e. The van der Waals surface area contributed by atoms with Crippen LogP contribution in [0.15, 0.2) is 48.5 Å². The number of aliphatic hydroxyl groups is 1. The predicted octanol–water partition coefficient (Wildman–Crippen LogP) is 1.85. The molecule has 1 atom stereocenters. The highest BCUT2D eigenvalue weighted by atomic mass is 16.5. The summed E-state index contributed by atoms with van der Waals surface area (Å²) in [5.74, 6) is 0.804. The molecule has 24 heavy (non-hydrogen) atoms. The van der Waals surface area contributed by atoms with Gasteiger partial charge in [0.2, 0.25) is 0 Å². The van der Waals surface area contributed by atoms with Gasteiger partial charge in [-0.2, -0.15) is 0 Å². The molecule has 0 unspecified atom stereocenters. The number of rotatable bonds is 5. The van der Waals surface area contributed by atoms with Crippen LogP contribution in [0.5, 0.6) is 5.75 Å². The summed E-state index contributed by atoms with van der Waals surface area (Å²) in [6, 6.07) is 15.3. The Hall–Kier alpha value is -2.53. The molecule has 2 aromatic rings. The Kier molecular flexibility index (Phi) is 5.01. The first-order valence-corrected chi connectivity index (χ1v) is 8.11. The summed E-state index contributed by atoms with van der Waals surface area (Å²) < 4.78 is 5.71. The number of carbonyl (C=O) groups excluding carboxylic acids is 1. The third kappa shape index (κ3) is 3.68. The van der Waals surface area contributed by atoms with Gasteiger partial charge in [-0.25, -0.2) is 0 Å². The van der Waals surface area contributed by atoms with Crippen LogP contribution >= 0.6 is 0 Å². The molecule has 126 valence electrons. The van der Waals surface area contributed by atoms with Gasteiger partial charge in [-0.3, -0.25) is 4.79 Å². The monoisotopic (exact) mass is 326 g/mol. The lowest BCUT2D eigenvalue weighted by atomic mass is 10.0. The summed E-state index contributed by atoms with van der Waals surface area (Å²) >= 11 is 0. The topological polar surface area (TPSA) is 61.8 Å². The molecule has 2 N–H and O–H groups in total. The standard InChI is InChI=1S/C19H22N2O3/c1-21(10-11-22)17-8-6-14(7-9-17)19(23)20-16-12-15-4-2-3-5-18(15)24-13-16/h2-9,16,22H,10-13H2,1H3,(H,20,23)/t16-/m1/s1. The fourth-order valence-corrected chi connectivity index (χ4v) is 2.84. The Morgan fingerprint density at radius 1 is 1.25 bits per heavy atom. The molecule has 1 aliphatic heterocycles. The summed E-state index contributed by atoms with van der Waals surface area (Å²) in [6.07, 6.45) is 0.777. The maximum atomic E-state index is 12.4. The van der Waals surface area contributed by atoms with Crippen LogP contribution in [0.1, 0.15) is 15.9 Å². The molecule has 3 rings (SSSR count). The molecule has 0 saturated heterocycles. The van der Waals surface area contributed by atoms with E-state index in [-0.39, 0.29) is 18.6 Å². The average Bonchev–Trinajstić information content (AvgIpc) is 2.62. The molecule has 0 aliphatic carbocycles. The number of amides is 1. The quantitative estimate of drug-likeness (QED) is 0.880. The summed E-state index contributed by atoms with van der Waals surface area (Å²) in [7, 11) is 1.90. The Balaban J connectivity index is 1.61. The average molecular weight is 326 g/mol. The van der Waals surface area contributed by atoms with Crippen LogP contribution in [-0.2, 0) is 6.42 Å². The zero-order valence-electron chi connectivity index (χ0n) is 13.7. The van der Waals surface area contributed by atoms with Crippen molar-refractivity contribution in [3.63, 3.8) is 0 Å². The molecule has 0 saturated carbocycles. The van der Waals surface area contributed by atoms with E-state index in [0.717, 1.165) is 23.4 Å². The second kappa shape index (κ2) is 7.36. The van der Waals surface area contributed by atoms with Crippen molar-refractivity contribution >= 4 is 11.6 Å². The number of carbonyl (C=O) groups is 1. The number of nitrogens with one attached hydrogen (secondary N) is 1. The van der Waals surface area contributed by atoms with Gasteiger partial charge < -0.3 is 20.1 Å². The molecule has 2 aromatic carbocycles. The number of para-hydroxylation sites is 1. The lowest BCUT2D eigenvalue weighted by molar-refractivity contribution is 0.0915. The molecule has 0 spiro atoms. The van der Waals surface area contributed by atoms with Gasteiger partial charge in [0.15, 0.2) is 0 Å². The van der Waals surface area contributed by atoms with Gasteiger partial charge in [-0.05, 0) is 42.3 Å². The number of fused-ring (bicyclic) bond motifs is 1. The van der Waals surface area contributed by atoms with Gasteiger partial charge in [-0.15, -0.1) is 0 Å². The molecule has 0 aromatic heterocycles. The predicted molar refractivity (Wildman–Crippen MR) is 93.7 cm³/mol. The van der Waals surface area contributed by atoms with Crippen LogP contribution in [0.4, 0.5) is 5.69 Å². The molecule has 1 heterocycles. The minimum absolute atomic E-state index is 0.0239. The van der Waals surface area contributed by atoms with Crippen LogP contribution in [0.3, 0.4) is 0 Å². The number of nitrogens with zero attached hydrogens (tertiary/aromatic N) is 1. The van der Waals surface area contributed by atoms with Crippen LogP contribution in [-0.4, -0.2) is 43.9 Å². The lowest BCUT2D eigenvalue weighted by Gasteiger charge is -2.26. The van der Waals surface area contributed by atoms with Gasteiger partial charge >= 0.3 is 0 Å². The largest absolute Gasteiger partial charge is 0.491 e. The Morgan fingerprint density at radius 3 is 2.75 bits per heavy atom. The van der Waals surface area contributed by atoms with Crippen LogP contribution < -0.4 is 15.0 Å². The van der Waals surface area contributed by atoms with Crippen LogP contribution in [0.25, 0.3) is 0 Å². The van der Waals surface area contributed by atoms with Crippen LogP contribution in [0.2, 0.25) is 0 Å². The van der Waals surface area contributed by atoms with Crippen LogP contribution in [0, 0.1) is 0 Å². The first-order chi connectivity index (χ1) is 11.7. The molecule has 0 radical (unpaired) electrons. The molecule has 1 amide bonds. The summed E-state index contributed by atoms with van der Waals surface area (Å²) in [5, 5.41) is 12.0. The van der Waals surface area contributed by atoms with E-state index in [4.69, 9.17) is 9.84 Å². The molecule has 5 nitrogen and oxygen atoms in total. The van der Waals surface area contributed by atoms with Gasteiger partial charge in [0.1, 0.15) is 12.4 Å². The van der Waals surface area contributed by atoms with Crippen molar-refractivity contribution < 1.29 is 14.6 Å². The summed E-state index contributed by atoms with van der Waals surface area (Å²) in [6.45, 7) is 1.15. The molecular formula is C19H22N2O3. The Labute approximate surface area is 141 Å². The third-order valence-electron chi connectivity index (χ3n) is 4.22. The van der Waals surface area contributed by atoms with Gasteiger partial charge in [0.25, 0.3) is 5.91 Å². The molecular weight excluding hydrogens is 304 g/mol. The smallest absolute Gasteiger partial charge is 0.251 e. The highest BCUT2D eigenvalue weighted by Gasteiger charge is 2.21. The van der Waals surface area contributed by atoms with E-state index in [0.29, 0.717) is 18.7 Å². The number of anilines is 1. The maximum Gasteiger partial charge on any atom is 0.251 e. The van der Waals surface area contributed by atoms with Crippen molar-refractivity contribution in [2.24, 2.45) is 0 Å². The number of likely N-dealkylation sites (N-methyl/N-ethyl adjacent to an activating group) is 1. The summed E-state index contributed by atoms with van der Waals surface area (Å²) in [4.78, 5) is 14.3. The molecule has 5 heteroatoms. The fourth-order valence-electron chi connectivity index (χ4n) is 2.84. The van der Waals surface area contributed by atoms with Crippen molar-refractivity contribution in [1.82, 2.24) is 5.32 Å². The normalized spacial score (nSPS) is 16.0. The Morgan fingerprint density at radius 2 is 2.00 bits per heavy atom. The first-order valence-electron chi connectivity index (χ1n) is 8.11. The highest BCUT2D eigenvalue weighted by molar-refractivity contribution is 5.94. The number of aliphatic hydroxyl groups excluding tert-OH is 1.